The van der Waals surface area contributed by atoms with Gasteiger partial charge in [-0.25, -0.2) is 0 Å². The van der Waals surface area contributed by atoms with E-state index in [1.807, 2.05) is 21.6 Å². The van der Waals surface area contributed by atoms with Crippen molar-refractivity contribution < 1.29 is 25.2 Å². The molecule has 20 heavy (non-hydrogen) atoms. The Hall–Kier alpha value is 0.0100. The van der Waals surface area contributed by atoms with E-state index in [0.717, 1.165) is 18.1 Å². The molecule has 0 amide bonds. The number of aliphatic carboxylic acids is 1. The van der Waals surface area contributed by atoms with Crippen LogP contribution in [0, 0.1) is 0 Å². The molecular formula is C12H25NO5S2. The van der Waals surface area contributed by atoms with Gasteiger partial charge in [-0.3, -0.25) is 4.79 Å². The molecule has 120 valence electrons. The number of carbonyl (C=O) groups is 1. The molecule has 1 aliphatic heterocycles. The summed E-state index contributed by atoms with van der Waals surface area (Å²) >= 11 is 0. The van der Waals surface area contributed by atoms with Crippen LogP contribution in [-0.4, -0.2) is 62.8 Å². The standard InChI is InChI=1S/C8H14O2S2.C4H11NO3/c9-8(10)4-2-1-3-7-5-6-11-12-7;5-4(1-6,2-7)3-8/h7H,1-6H2,(H,9,10);6-8H,1-3,5H2/t7-;/m0./s1. The minimum absolute atomic E-state index is 0.338. The molecule has 8 heteroatoms. The number of carboxylic acid groups (broad SMARTS) is 1. The average Bonchev–Trinajstić information content (AvgIpc) is 2.96. The Kier molecular flexibility index (Phi) is 11.7. The first-order valence-corrected chi connectivity index (χ1v) is 8.97. The molecule has 0 bridgehead atoms. The Morgan fingerprint density at radius 1 is 1.20 bits per heavy atom. The maximum absolute atomic E-state index is 10.2. The Labute approximate surface area is 127 Å². The summed E-state index contributed by atoms with van der Waals surface area (Å²) in [5, 5.41) is 34.2. The number of hydrogen-bond donors (Lipinski definition) is 5. The number of rotatable bonds is 8. The third kappa shape index (κ3) is 9.84. The van der Waals surface area contributed by atoms with Crippen LogP contribution in [0.25, 0.3) is 0 Å². The number of nitrogens with two attached hydrogens (primary N) is 1. The highest BCUT2D eigenvalue weighted by Crippen LogP contribution is 2.39. The van der Waals surface area contributed by atoms with E-state index in [1.165, 1.54) is 18.6 Å². The van der Waals surface area contributed by atoms with Gasteiger partial charge in [0.2, 0.25) is 0 Å². The van der Waals surface area contributed by atoms with Crippen LogP contribution in [0.3, 0.4) is 0 Å². The van der Waals surface area contributed by atoms with Crippen molar-refractivity contribution in [2.24, 2.45) is 5.73 Å². The van der Waals surface area contributed by atoms with Gasteiger partial charge in [0.25, 0.3) is 0 Å². The molecular weight excluding hydrogens is 302 g/mol. The largest absolute Gasteiger partial charge is 0.481 e. The highest BCUT2D eigenvalue weighted by molar-refractivity contribution is 8.77. The number of carboxylic acids is 1. The van der Waals surface area contributed by atoms with Crippen molar-refractivity contribution in [3.8, 4) is 0 Å². The van der Waals surface area contributed by atoms with E-state index in [9.17, 15) is 4.79 Å². The second-order valence-corrected chi connectivity index (χ2v) is 7.59. The zero-order chi connectivity index (χ0) is 15.4. The van der Waals surface area contributed by atoms with Gasteiger partial charge < -0.3 is 26.2 Å². The minimum Gasteiger partial charge on any atom is -0.481 e. The maximum atomic E-state index is 10.2. The summed E-state index contributed by atoms with van der Waals surface area (Å²) in [6.07, 6.45) is 4.76. The summed E-state index contributed by atoms with van der Waals surface area (Å²) in [4.78, 5) is 10.2. The van der Waals surface area contributed by atoms with Crippen molar-refractivity contribution in [3.63, 3.8) is 0 Å². The fourth-order valence-electron chi connectivity index (χ4n) is 1.36. The summed E-state index contributed by atoms with van der Waals surface area (Å²) in [7, 11) is 3.92. The van der Waals surface area contributed by atoms with Crippen LogP contribution in [0.4, 0.5) is 0 Å². The first kappa shape index (κ1) is 20.0. The average molecular weight is 327 g/mol. The van der Waals surface area contributed by atoms with Gasteiger partial charge in [0, 0.05) is 17.4 Å². The van der Waals surface area contributed by atoms with E-state index >= 15 is 0 Å². The molecule has 1 saturated heterocycles. The van der Waals surface area contributed by atoms with Gasteiger partial charge in [0.1, 0.15) is 0 Å². The normalized spacial score (nSPS) is 18.5. The van der Waals surface area contributed by atoms with Crippen LogP contribution in [0.2, 0.25) is 0 Å². The maximum Gasteiger partial charge on any atom is 0.303 e. The summed E-state index contributed by atoms with van der Waals surface area (Å²) < 4.78 is 0. The topological polar surface area (TPSA) is 124 Å². The Morgan fingerprint density at radius 3 is 2.15 bits per heavy atom. The van der Waals surface area contributed by atoms with Crippen LogP contribution < -0.4 is 5.73 Å². The first-order valence-electron chi connectivity index (χ1n) is 6.59. The van der Waals surface area contributed by atoms with Crippen LogP contribution in [-0.2, 0) is 4.79 Å². The molecule has 6 N–H and O–H groups in total. The SMILES string of the molecule is NC(CO)(CO)CO.O=C(O)CCCC[C@H]1CCSS1. The third-order valence-electron chi connectivity index (χ3n) is 2.84. The van der Waals surface area contributed by atoms with Gasteiger partial charge in [-0.05, 0) is 19.3 Å². The van der Waals surface area contributed by atoms with Gasteiger partial charge in [-0.2, -0.15) is 0 Å². The van der Waals surface area contributed by atoms with Gasteiger partial charge in [0.05, 0.1) is 25.4 Å². The second kappa shape index (κ2) is 11.6. The fraction of sp³-hybridized carbons (Fsp3) is 0.917. The van der Waals surface area contributed by atoms with Crippen molar-refractivity contribution in [2.75, 3.05) is 25.6 Å². The number of aliphatic hydroxyl groups excluding tert-OH is 3. The molecule has 0 aromatic carbocycles. The molecule has 1 heterocycles. The van der Waals surface area contributed by atoms with E-state index in [2.05, 4.69) is 0 Å². The van der Waals surface area contributed by atoms with Crippen LogP contribution in [0.15, 0.2) is 0 Å². The van der Waals surface area contributed by atoms with Gasteiger partial charge in [-0.15, -0.1) is 0 Å². The lowest BCUT2D eigenvalue weighted by Gasteiger charge is -2.20. The molecule has 1 atom stereocenters. The van der Waals surface area contributed by atoms with Crippen molar-refractivity contribution >= 4 is 27.6 Å². The summed E-state index contributed by atoms with van der Waals surface area (Å²) in [5.74, 6) is 0.609. The van der Waals surface area contributed by atoms with Gasteiger partial charge >= 0.3 is 5.97 Å². The minimum atomic E-state index is -1.21. The lowest BCUT2D eigenvalue weighted by molar-refractivity contribution is -0.137. The van der Waals surface area contributed by atoms with Crippen molar-refractivity contribution in [2.45, 2.75) is 42.9 Å². The van der Waals surface area contributed by atoms with E-state index < -0.39 is 31.3 Å². The highest BCUT2D eigenvalue weighted by Gasteiger charge is 2.20. The molecule has 0 aromatic rings. The van der Waals surface area contributed by atoms with E-state index in [0.29, 0.717) is 6.42 Å². The van der Waals surface area contributed by atoms with Crippen LogP contribution in [0.1, 0.15) is 32.1 Å². The third-order valence-corrected chi connectivity index (χ3v) is 5.85. The molecule has 0 aromatic heterocycles. The van der Waals surface area contributed by atoms with Gasteiger partial charge in [0.15, 0.2) is 0 Å². The molecule has 1 rings (SSSR count). The zero-order valence-corrected chi connectivity index (χ0v) is 13.2. The lowest BCUT2D eigenvalue weighted by atomic mass is 10.1. The summed E-state index contributed by atoms with van der Waals surface area (Å²) in [5.41, 5.74) is 3.94. The number of unbranched alkanes of at least 4 members (excludes halogenated alkanes) is 1. The first-order chi connectivity index (χ1) is 9.47. The second-order valence-electron chi connectivity index (χ2n) is 4.81. The Bertz CT molecular complexity index is 250. The van der Waals surface area contributed by atoms with Crippen molar-refractivity contribution in [3.05, 3.63) is 0 Å². The molecule has 1 fully saturated rings. The van der Waals surface area contributed by atoms with Crippen molar-refractivity contribution in [1.29, 1.82) is 0 Å². The zero-order valence-electron chi connectivity index (χ0n) is 11.5. The molecule has 0 spiro atoms. The summed E-state index contributed by atoms with van der Waals surface area (Å²) in [6, 6.07) is 0. The van der Waals surface area contributed by atoms with E-state index in [-0.39, 0.29) is 0 Å². The monoisotopic (exact) mass is 327 g/mol. The number of aliphatic hydroxyl groups is 3. The van der Waals surface area contributed by atoms with Crippen LogP contribution >= 0.6 is 21.6 Å². The van der Waals surface area contributed by atoms with E-state index in [4.69, 9.17) is 26.2 Å². The lowest BCUT2D eigenvalue weighted by Crippen LogP contribution is -2.50. The quantitative estimate of drug-likeness (QED) is 0.321. The number of hydrogen-bond acceptors (Lipinski definition) is 7. The summed E-state index contributed by atoms with van der Waals surface area (Å²) in [6.45, 7) is -1.21. The fourth-order valence-corrected chi connectivity index (χ4v) is 4.39. The molecule has 1 aliphatic rings. The Morgan fingerprint density at radius 2 is 1.80 bits per heavy atom. The molecule has 0 saturated carbocycles. The highest BCUT2D eigenvalue weighted by atomic mass is 33.1. The predicted octanol–water partition coefficient (Wildman–Crippen LogP) is 0.446. The molecule has 0 aliphatic carbocycles. The van der Waals surface area contributed by atoms with Crippen LogP contribution in [0.5, 0.6) is 0 Å². The van der Waals surface area contributed by atoms with Gasteiger partial charge in [-0.1, -0.05) is 28.0 Å². The molecule has 0 radical (unpaired) electrons. The van der Waals surface area contributed by atoms with E-state index in [1.54, 1.807) is 0 Å². The molecule has 6 nitrogen and oxygen atoms in total. The Balaban J connectivity index is 0.000000396. The van der Waals surface area contributed by atoms with Crippen molar-refractivity contribution in [1.82, 2.24) is 0 Å². The smallest absolute Gasteiger partial charge is 0.303 e. The predicted molar refractivity (Wildman–Crippen MR) is 82.7 cm³/mol. The molecule has 0 unspecified atom stereocenters.